The molecule has 1 saturated carbocycles. The Kier molecular flexibility index (Phi) is 5.17. The average molecular weight is 451 g/mol. The van der Waals surface area contributed by atoms with E-state index in [-0.39, 0.29) is 0 Å². The maximum absolute atomic E-state index is 6.78. The number of hydrogen-bond donors (Lipinski definition) is 0. The Bertz CT molecular complexity index is 1440. The van der Waals surface area contributed by atoms with E-state index in [0.717, 1.165) is 17.9 Å². The van der Waals surface area contributed by atoms with Gasteiger partial charge in [0.1, 0.15) is 12.8 Å². The Morgan fingerprint density at radius 2 is 1.76 bits per heavy atom. The molecule has 2 heteroatoms. The summed E-state index contributed by atoms with van der Waals surface area (Å²) in [7, 11) is 2.22. The van der Waals surface area contributed by atoms with Gasteiger partial charge in [0.15, 0.2) is 5.75 Å². The van der Waals surface area contributed by atoms with E-state index in [9.17, 15) is 0 Å². The van der Waals surface area contributed by atoms with Gasteiger partial charge in [0.2, 0.25) is 5.52 Å². The second-order valence-corrected chi connectivity index (χ2v) is 11.1. The van der Waals surface area contributed by atoms with E-state index in [4.69, 9.17) is 4.74 Å². The van der Waals surface area contributed by atoms with E-state index < -0.39 is 0 Å². The van der Waals surface area contributed by atoms with Gasteiger partial charge >= 0.3 is 0 Å². The smallest absolute Gasteiger partial charge is 0.256 e. The van der Waals surface area contributed by atoms with Gasteiger partial charge in [-0.1, -0.05) is 57.4 Å². The largest absolute Gasteiger partial charge is 0.450 e. The van der Waals surface area contributed by atoms with Crippen molar-refractivity contribution >= 4 is 21.7 Å². The SMILES string of the molecule is Cc1cc2cc(CC(C)C)cc3c2c(c1C)-c1c(cc2c(C4CCCCC4)cccc2[n+]1C)O3. The highest BCUT2D eigenvalue weighted by atomic mass is 16.5. The molecule has 6 rings (SSSR count). The van der Waals surface area contributed by atoms with Crippen LogP contribution in [0, 0.1) is 19.8 Å². The van der Waals surface area contributed by atoms with Crippen LogP contribution in [-0.2, 0) is 13.5 Å². The summed E-state index contributed by atoms with van der Waals surface area (Å²) < 4.78 is 9.17. The zero-order valence-electron chi connectivity index (χ0n) is 21.3. The van der Waals surface area contributed by atoms with Crippen molar-refractivity contribution in [2.24, 2.45) is 13.0 Å². The van der Waals surface area contributed by atoms with Crippen molar-refractivity contribution < 1.29 is 9.30 Å². The van der Waals surface area contributed by atoms with Crippen molar-refractivity contribution in [3.05, 3.63) is 64.7 Å². The lowest BCUT2D eigenvalue weighted by molar-refractivity contribution is -0.633. The van der Waals surface area contributed by atoms with Gasteiger partial charge in [0.05, 0.1) is 10.9 Å². The zero-order valence-corrected chi connectivity index (χ0v) is 21.3. The van der Waals surface area contributed by atoms with Crippen LogP contribution in [0.25, 0.3) is 32.9 Å². The normalized spacial score (nSPS) is 15.7. The number of benzene rings is 3. The average Bonchev–Trinajstić information content (AvgIpc) is 2.81. The van der Waals surface area contributed by atoms with Gasteiger partial charge in [-0.25, -0.2) is 0 Å². The molecule has 2 nitrogen and oxygen atoms in total. The number of hydrogen-bond acceptors (Lipinski definition) is 1. The van der Waals surface area contributed by atoms with E-state index in [0.29, 0.717) is 11.8 Å². The van der Waals surface area contributed by atoms with Crippen LogP contribution in [0.3, 0.4) is 0 Å². The van der Waals surface area contributed by atoms with E-state index in [1.165, 1.54) is 87.3 Å². The molecule has 3 aromatic carbocycles. The maximum Gasteiger partial charge on any atom is 0.256 e. The van der Waals surface area contributed by atoms with Gasteiger partial charge in [-0.15, -0.1) is 0 Å². The minimum atomic E-state index is 0.617. The molecule has 0 radical (unpaired) electrons. The van der Waals surface area contributed by atoms with Crippen molar-refractivity contribution in [1.29, 1.82) is 0 Å². The summed E-state index contributed by atoms with van der Waals surface area (Å²) in [5.41, 5.74) is 9.43. The van der Waals surface area contributed by atoms with Crippen molar-refractivity contribution in [2.75, 3.05) is 0 Å². The molecule has 2 aliphatic rings. The molecule has 1 fully saturated rings. The van der Waals surface area contributed by atoms with Crippen LogP contribution in [-0.4, -0.2) is 0 Å². The molecule has 1 aromatic heterocycles. The number of nitrogens with zero attached hydrogens (tertiary/aromatic N) is 1. The minimum Gasteiger partial charge on any atom is -0.450 e. The van der Waals surface area contributed by atoms with Crippen LogP contribution < -0.4 is 9.30 Å². The van der Waals surface area contributed by atoms with Crippen LogP contribution >= 0.6 is 0 Å². The Morgan fingerprint density at radius 1 is 0.971 bits per heavy atom. The second-order valence-electron chi connectivity index (χ2n) is 11.1. The fraction of sp³-hybridized carbons (Fsp3) is 0.406. The molecule has 0 saturated heterocycles. The molecule has 34 heavy (non-hydrogen) atoms. The molecule has 0 bridgehead atoms. The molecule has 0 amide bonds. The lowest BCUT2D eigenvalue weighted by Crippen LogP contribution is -2.34. The molecular formula is C32H36NO+. The summed E-state index contributed by atoms with van der Waals surface area (Å²) in [6, 6.07) is 16.3. The molecule has 0 atom stereocenters. The van der Waals surface area contributed by atoms with E-state index in [1.807, 2.05) is 0 Å². The van der Waals surface area contributed by atoms with Crippen LogP contribution in [0.1, 0.15) is 74.1 Å². The molecular weight excluding hydrogens is 414 g/mol. The van der Waals surface area contributed by atoms with Crippen LogP contribution in [0.2, 0.25) is 0 Å². The standard InChI is InChI=1S/C32H36NO/c1-19(2)14-22-16-24-15-20(3)21(4)30-31(24)28(17-22)34-29-18-26-25(23-10-7-6-8-11-23)12-9-13-27(26)33(5)32(29)30/h9,12-13,15-19,23H,6-8,10-11,14H2,1-5H3/q+1. The number of ether oxygens (including phenoxy) is 1. The summed E-state index contributed by atoms with van der Waals surface area (Å²) in [6.07, 6.45) is 7.76. The Balaban J connectivity index is 1.64. The van der Waals surface area contributed by atoms with Gasteiger partial charge in [-0.3, -0.25) is 0 Å². The Morgan fingerprint density at radius 3 is 2.53 bits per heavy atom. The highest BCUT2D eigenvalue weighted by Crippen LogP contribution is 2.49. The predicted octanol–water partition coefficient (Wildman–Crippen LogP) is 8.45. The molecule has 0 N–H and O–H groups in total. The summed E-state index contributed by atoms with van der Waals surface area (Å²) >= 11 is 0. The van der Waals surface area contributed by atoms with Crippen LogP contribution in [0.5, 0.6) is 11.5 Å². The summed E-state index contributed by atoms with van der Waals surface area (Å²) in [5.74, 6) is 3.30. The Labute approximate surface area is 203 Å². The third-order valence-corrected chi connectivity index (χ3v) is 8.25. The first-order valence-corrected chi connectivity index (χ1v) is 13.1. The van der Waals surface area contributed by atoms with Crippen molar-refractivity contribution in [1.82, 2.24) is 0 Å². The fourth-order valence-electron chi connectivity index (χ4n) is 6.53. The van der Waals surface area contributed by atoms with E-state index in [2.05, 4.69) is 81.8 Å². The molecule has 4 aromatic rings. The highest BCUT2D eigenvalue weighted by Gasteiger charge is 2.33. The number of pyridine rings is 1. The molecule has 174 valence electrons. The van der Waals surface area contributed by atoms with Crippen molar-refractivity contribution in [3.8, 4) is 22.8 Å². The van der Waals surface area contributed by atoms with Gasteiger partial charge in [0.25, 0.3) is 5.69 Å². The highest BCUT2D eigenvalue weighted by molar-refractivity contribution is 6.05. The summed E-state index contributed by atoms with van der Waals surface area (Å²) in [6.45, 7) is 9.10. The number of fused-ring (bicyclic) bond motifs is 3. The minimum absolute atomic E-state index is 0.617. The van der Waals surface area contributed by atoms with Crippen LogP contribution in [0.15, 0.2) is 42.5 Å². The molecule has 2 heterocycles. The van der Waals surface area contributed by atoms with E-state index in [1.54, 1.807) is 0 Å². The zero-order chi connectivity index (χ0) is 23.6. The Hall–Kier alpha value is -2.87. The third-order valence-electron chi connectivity index (χ3n) is 8.25. The first kappa shape index (κ1) is 21.6. The number of aryl methyl sites for hydroxylation is 2. The monoisotopic (exact) mass is 450 g/mol. The third kappa shape index (κ3) is 3.34. The van der Waals surface area contributed by atoms with Gasteiger partial charge in [-0.05, 0) is 78.7 Å². The molecule has 1 aliphatic carbocycles. The number of rotatable bonds is 3. The first-order valence-electron chi connectivity index (χ1n) is 13.1. The lowest BCUT2D eigenvalue weighted by atomic mass is 9.82. The number of aromatic nitrogens is 1. The summed E-state index contributed by atoms with van der Waals surface area (Å²) in [4.78, 5) is 0. The predicted molar refractivity (Wildman–Crippen MR) is 142 cm³/mol. The lowest BCUT2D eigenvalue weighted by Gasteiger charge is -2.25. The van der Waals surface area contributed by atoms with E-state index >= 15 is 0 Å². The van der Waals surface area contributed by atoms with Gasteiger partial charge < -0.3 is 4.74 Å². The summed E-state index contributed by atoms with van der Waals surface area (Å²) in [5, 5.41) is 3.92. The maximum atomic E-state index is 6.78. The van der Waals surface area contributed by atoms with Crippen molar-refractivity contribution in [2.45, 2.75) is 72.1 Å². The van der Waals surface area contributed by atoms with Crippen LogP contribution in [0.4, 0.5) is 0 Å². The quantitative estimate of drug-likeness (QED) is 0.251. The fourth-order valence-corrected chi connectivity index (χ4v) is 6.53. The topological polar surface area (TPSA) is 13.1 Å². The molecule has 0 unspecified atom stereocenters. The molecule has 0 spiro atoms. The molecule has 1 aliphatic heterocycles. The van der Waals surface area contributed by atoms with Gasteiger partial charge in [-0.2, -0.15) is 4.57 Å². The van der Waals surface area contributed by atoms with Gasteiger partial charge in [0, 0.05) is 17.5 Å². The van der Waals surface area contributed by atoms with Crippen molar-refractivity contribution in [3.63, 3.8) is 0 Å². The second kappa shape index (κ2) is 8.12. The first-order chi connectivity index (χ1) is 16.4.